The molecule has 2 N–H and O–H groups in total. The van der Waals surface area contributed by atoms with Crippen LogP contribution in [0.3, 0.4) is 0 Å². The molecule has 1 amide bonds. The second-order valence-corrected chi connectivity index (χ2v) is 7.48. The van der Waals surface area contributed by atoms with Gasteiger partial charge in [0.15, 0.2) is 11.5 Å². The number of fused-ring (bicyclic) bond motifs is 1. The summed E-state index contributed by atoms with van der Waals surface area (Å²) < 4.78 is 10.2. The molecule has 1 fully saturated rings. The third kappa shape index (κ3) is 3.67. The molecular weight excluding hydrogens is 410 g/mol. The van der Waals surface area contributed by atoms with Gasteiger partial charge in [-0.15, -0.1) is 0 Å². The van der Waals surface area contributed by atoms with Gasteiger partial charge in [0.05, 0.1) is 25.3 Å². The lowest BCUT2D eigenvalue weighted by molar-refractivity contribution is -0.140. The van der Waals surface area contributed by atoms with Crippen LogP contribution >= 0.6 is 0 Å². The summed E-state index contributed by atoms with van der Waals surface area (Å²) >= 11 is 0. The molecule has 1 saturated heterocycles. The zero-order valence-corrected chi connectivity index (χ0v) is 17.7. The summed E-state index contributed by atoms with van der Waals surface area (Å²) in [4.78, 5) is 27.2. The van der Waals surface area contributed by atoms with Crippen LogP contribution in [-0.4, -0.2) is 54.2 Å². The first-order chi connectivity index (χ1) is 15.5. The number of methoxy groups -OCH3 is 2. The molecule has 0 saturated carbocycles. The summed E-state index contributed by atoms with van der Waals surface area (Å²) in [7, 11) is 2.93. The largest absolute Gasteiger partial charge is 0.507 e. The van der Waals surface area contributed by atoms with Crippen LogP contribution in [0.15, 0.2) is 66.2 Å². The highest BCUT2D eigenvalue weighted by atomic mass is 16.5. The highest BCUT2D eigenvalue weighted by Gasteiger charge is 2.46. The average Bonchev–Trinajstić information content (AvgIpc) is 3.06. The number of carbonyl (C=O) groups is 2. The SMILES string of the molecule is COCCN1C(=O)C(=O)/C(=C(\O)c2ccc3ccccc3c2)C1c1ccc(OC)c(O)c1. The van der Waals surface area contributed by atoms with Crippen LogP contribution in [0.2, 0.25) is 0 Å². The molecule has 0 bridgehead atoms. The third-order valence-electron chi connectivity index (χ3n) is 5.62. The van der Waals surface area contributed by atoms with Crippen molar-refractivity contribution in [3.05, 3.63) is 77.4 Å². The minimum absolute atomic E-state index is 0.0362. The van der Waals surface area contributed by atoms with Crippen LogP contribution < -0.4 is 4.74 Å². The monoisotopic (exact) mass is 433 g/mol. The number of aliphatic hydroxyl groups is 1. The van der Waals surface area contributed by atoms with Gasteiger partial charge < -0.3 is 24.6 Å². The number of Topliss-reactive ketones (excluding diaryl/α,β-unsaturated/α-hetero) is 1. The summed E-state index contributed by atoms with van der Waals surface area (Å²) in [5, 5.41) is 23.3. The fourth-order valence-electron chi connectivity index (χ4n) is 4.02. The Labute approximate surface area is 185 Å². The molecule has 0 spiro atoms. The predicted octanol–water partition coefficient (Wildman–Crippen LogP) is 3.62. The van der Waals surface area contributed by atoms with Gasteiger partial charge in [-0.1, -0.05) is 42.5 Å². The van der Waals surface area contributed by atoms with E-state index in [9.17, 15) is 19.8 Å². The Morgan fingerprint density at radius 2 is 1.75 bits per heavy atom. The second kappa shape index (κ2) is 8.72. The number of hydrogen-bond acceptors (Lipinski definition) is 6. The molecule has 4 rings (SSSR count). The van der Waals surface area contributed by atoms with E-state index in [1.807, 2.05) is 30.3 Å². The second-order valence-electron chi connectivity index (χ2n) is 7.48. The third-order valence-corrected chi connectivity index (χ3v) is 5.62. The van der Waals surface area contributed by atoms with E-state index >= 15 is 0 Å². The molecule has 7 nitrogen and oxygen atoms in total. The van der Waals surface area contributed by atoms with E-state index in [1.165, 1.54) is 25.2 Å². The molecule has 1 atom stereocenters. The van der Waals surface area contributed by atoms with Crippen molar-refractivity contribution in [2.45, 2.75) is 6.04 Å². The summed E-state index contributed by atoms with van der Waals surface area (Å²) in [6, 6.07) is 16.7. The van der Waals surface area contributed by atoms with E-state index in [2.05, 4.69) is 0 Å². The van der Waals surface area contributed by atoms with Crippen molar-refractivity contribution in [1.82, 2.24) is 4.90 Å². The molecule has 7 heteroatoms. The van der Waals surface area contributed by atoms with Crippen molar-refractivity contribution >= 4 is 28.2 Å². The fourth-order valence-corrected chi connectivity index (χ4v) is 4.02. The van der Waals surface area contributed by atoms with Gasteiger partial charge in [-0.05, 0) is 34.5 Å². The van der Waals surface area contributed by atoms with Crippen molar-refractivity contribution in [1.29, 1.82) is 0 Å². The van der Waals surface area contributed by atoms with Crippen molar-refractivity contribution in [2.75, 3.05) is 27.4 Å². The van der Waals surface area contributed by atoms with Crippen molar-refractivity contribution in [3.8, 4) is 11.5 Å². The molecule has 0 aliphatic carbocycles. The first-order valence-corrected chi connectivity index (χ1v) is 10.1. The fraction of sp³-hybridized carbons (Fsp3) is 0.200. The molecule has 1 heterocycles. The summed E-state index contributed by atoms with van der Waals surface area (Å²) in [5.74, 6) is -1.66. The Hall–Kier alpha value is -3.84. The average molecular weight is 433 g/mol. The maximum Gasteiger partial charge on any atom is 0.295 e. The van der Waals surface area contributed by atoms with Gasteiger partial charge in [0.1, 0.15) is 5.76 Å². The minimum Gasteiger partial charge on any atom is -0.507 e. The van der Waals surface area contributed by atoms with Gasteiger partial charge in [-0.25, -0.2) is 0 Å². The van der Waals surface area contributed by atoms with Gasteiger partial charge in [-0.2, -0.15) is 0 Å². The van der Waals surface area contributed by atoms with Gasteiger partial charge >= 0.3 is 0 Å². The summed E-state index contributed by atoms with van der Waals surface area (Å²) in [6.07, 6.45) is 0. The van der Waals surface area contributed by atoms with Crippen LogP contribution in [0.1, 0.15) is 17.2 Å². The molecule has 3 aromatic rings. The van der Waals surface area contributed by atoms with E-state index in [0.29, 0.717) is 11.1 Å². The highest BCUT2D eigenvalue weighted by molar-refractivity contribution is 6.46. The lowest BCUT2D eigenvalue weighted by Crippen LogP contribution is -2.32. The Kier molecular flexibility index (Phi) is 5.83. The topological polar surface area (TPSA) is 96.3 Å². The number of phenols is 1. The molecule has 3 aromatic carbocycles. The molecule has 32 heavy (non-hydrogen) atoms. The Balaban J connectivity index is 1.88. The number of rotatable bonds is 6. The number of likely N-dealkylation sites (tertiary alicyclic amines) is 1. The molecular formula is C25H23NO6. The van der Waals surface area contributed by atoms with Crippen LogP contribution in [0.4, 0.5) is 0 Å². The lowest BCUT2D eigenvalue weighted by Gasteiger charge is -2.25. The lowest BCUT2D eigenvalue weighted by atomic mass is 9.94. The standard InChI is InChI=1S/C25H23NO6/c1-31-12-11-26-22(17-9-10-20(32-2)19(27)14-17)21(24(29)25(26)30)23(28)18-8-7-15-5-3-4-6-16(15)13-18/h3-10,13-14,22,27-28H,11-12H2,1-2H3/b23-21-. The first-order valence-electron chi connectivity index (χ1n) is 10.1. The normalized spacial score (nSPS) is 17.8. The zero-order valence-electron chi connectivity index (χ0n) is 17.7. The maximum absolute atomic E-state index is 13.0. The summed E-state index contributed by atoms with van der Waals surface area (Å²) in [5.41, 5.74) is 0.864. The zero-order chi connectivity index (χ0) is 22.8. The van der Waals surface area contributed by atoms with Gasteiger partial charge in [0.2, 0.25) is 0 Å². The van der Waals surface area contributed by atoms with E-state index in [0.717, 1.165) is 10.8 Å². The van der Waals surface area contributed by atoms with Crippen LogP contribution in [-0.2, 0) is 14.3 Å². The van der Waals surface area contributed by atoms with E-state index < -0.39 is 17.7 Å². The van der Waals surface area contributed by atoms with Gasteiger partial charge in [0.25, 0.3) is 11.7 Å². The number of benzene rings is 3. The van der Waals surface area contributed by atoms with Crippen LogP contribution in [0, 0.1) is 0 Å². The van der Waals surface area contributed by atoms with Crippen molar-refractivity contribution in [3.63, 3.8) is 0 Å². The highest BCUT2D eigenvalue weighted by Crippen LogP contribution is 2.41. The Bertz CT molecular complexity index is 1230. The molecule has 0 aromatic heterocycles. The minimum atomic E-state index is -0.881. The Morgan fingerprint density at radius 1 is 1.00 bits per heavy atom. The van der Waals surface area contributed by atoms with E-state index in [4.69, 9.17) is 9.47 Å². The van der Waals surface area contributed by atoms with Crippen molar-refractivity contribution in [2.24, 2.45) is 0 Å². The Morgan fingerprint density at radius 3 is 2.44 bits per heavy atom. The first kappa shape index (κ1) is 21.4. The number of phenolic OH excluding ortho intramolecular Hbond substituents is 1. The van der Waals surface area contributed by atoms with Crippen LogP contribution in [0.5, 0.6) is 11.5 Å². The number of amides is 1. The van der Waals surface area contributed by atoms with E-state index in [-0.39, 0.29) is 36.0 Å². The number of ketones is 1. The number of nitrogens with zero attached hydrogens (tertiary/aromatic N) is 1. The number of ether oxygens (including phenoxy) is 2. The van der Waals surface area contributed by atoms with Crippen molar-refractivity contribution < 1.29 is 29.3 Å². The predicted molar refractivity (Wildman–Crippen MR) is 119 cm³/mol. The molecule has 164 valence electrons. The number of carbonyl (C=O) groups excluding carboxylic acids is 2. The molecule has 0 radical (unpaired) electrons. The number of aliphatic hydroxyl groups excluding tert-OH is 1. The summed E-state index contributed by atoms with van der Waals surface area (Å²) in [6.45, 7) is 0.356. The quantitative estimate of drug-likeness (QED) is 0.350. The number of hydrogen-bond donors (Lipinski definition) is 2. The smallest absolute Gasteiger partial charge is 0.295 e. The maximum atomic E-state index is 13.0. The van der Waals surface area contributed by atoms with E-state index in [1.54, 1.807) is 24.3 Å². The van der Waals surface area contributed by atoms with Gasteiger partial charge in [-0.3, -0.25) is 9.59 Å². The van der Waals surface area contributed by atoms with Gasteiger partial charge in [0, 0.05) is 19.2 Å². The molecule has 1 unspecified atom stereocenters. The molecule has 1 aliphatic heterocycles. The number of aromatic hydroxyl groups is 1. The molecule has 1 aliphatic rings. The van der Waals surface area contributed by atoms with Crippen LogP contribution in [0.25, 0.3) is 16.5 Å².